The molecule has 0 heterocycles. The van der Waals surface area contributed by atoms with Gasteiger partial charge in [0.15, 0.2) is 5.71 Å². The molecule has 0 aliphatic carbocycles. The van der Waals surface area contributed by atoms with E-state index in [0.717, 1.165) is 5.56 Å². The molecule has 0 fully saturated rings. The van der Waals surface area contributed by atoms with Gasteiger partial charge in [-0.2, -0.15) is 0 Å². The molecule has 0 saturated carbocycles. The summed E-state index contributed by atoms with van der Waals surface area (Å²) in [4.78, 5) is 16.4. The van der Waals surface area contributed by atoms with E-state index in [0.29, 0.717) is 14.5 Å². The molecule has 2 aromatic rings. The smallest absolute Gasteiger partial charge is 0.354 e. The van der Waals surface area contributed by atoms with Gasteiger partial charge in [0.2, 0.25) is 0 Å². The molecule has 2 rings (SSSR count). The van der Waals surface area contributed by atoms with Crippen molar-refractivity contribution in [2.24, 2.45) is 5.16 Å². The van der Waals surface area contributed by atoms with Crippen LogP contribution in [-0.2, 0) is 22.7 Å². The molecule has 0 aromatic heterocycles. The molecule has 2 aromatic carbocycles. The number of aromatic hydroxyl groups is 1. The fourth-order valence-corrected chi connectivity index (χ4v) is 3.10. The Bertz CT molecular complexity index is 709. The van der Waals surface area contributed by atoms with Crippen LogP contribution in [0, 0.1) is 0 Å². The highest BCUT2D eigenvalue weighted by atomic mass is 79.9. The minimum absolute atomic E-state index is 0.0582. The first-order chi connectivity index (χ1) is 11.0. The summed E-state index contributed by atoms with van der Waals surface area (Å²) in [7, 11) is 0. The summed E-state index contributed by atoms with van der Waals surface area (Å²) < 4.78 is 0.939. The van der Waals surface area contributed by atoms with Gasteiger partial charge in [0.05, 0.1) is 8.95 Å². The number of carboxylic acids is 1. The van der Waals surface area contributed by atoms with Crippen molar-refractivity contribution in [3.63, 3.8) is 0 Å². The molecule has 0 spiro atoms. The van der Waals surface area contributed by atoms with Gasteiger partial charge < -0.3 is 15.1 Å². The zero-order chi connectivity index (χ0) is 16.8. The predicted octanol–water partition coefficient (Wildman–Crippen LogP) is 4.12. The van der Waals surface area contributed by atoms with Crippen LogP contribution in [-0.4, -0.2) is 21.9 Å². The van der Waals surface area contributed by atoms with Crippen LogP contribution in [0.25, 0.3) is 0 Å². The number of carboxylic acid groups (broad SMARTS) is 1. The maximum absolute atomic E-state index is 11.3. The van der Waals surface area contributed by atoms with E-state index in [4.69, 9.17) is 4.84 Å². The van der Waals surface area contributed by atoms with Crippen LogP contribution < -0.4 is 0 Å². The van der Waals surface area contributed by atoms with Crippen molar-refractivity contribution < 1.29 is 19.8 Å². The van der Waals surface area contributed by atoms with Crippen LogP contribution >= 0.6 is 31.9 Å². The molecule has 120 valence electrons. The van der Waals surface area contributed by atoms with E-state index in [9.17, 15) is 15.0 Å². The van der Waals surface area contributed by atoms with Crippen molar-refractivity contribution in [2.45, 2.75) is 13.0 Å². The van der Waals surface area contributed by atoms with Crippen molar-refractivity contribution in [3.05, 3.63) is 62.5 Å². The van der Waals surface area contributed by atoms with Crippen molar-refractivity contribution in [1.29, 1.82) is 0 Å². The average molecular weight is 443 g/mol. The summed E-state index contributed by atoms with van der Waals surface area (Å²) in [6.07, 6.45) is 0.0710. The zero-order valence-corrected chi connectivity index (χ0v) is 15.0. The van der Waals surface area contributed by atoms with E-state index in [1.165, 1.54) is 0 Å². The number of oxime groups is 1. The van der Waals surface area contributed by atoms with E-state index < -0.39 is 5.97 Å². The summed E-state index contributed by atoms with van der Waals surface area (Å²) in [5, 5.41) is 22.6. The number of carbonyl (C=O) groups is 1. The molecular formula is C16H13Br2NO4. The van der Waals surface area contributed by atoms with Crippen molar-refractivity contribution in [1.82, 2.24) is 0 Å². The van der Waals surface area contributed by atoms with Crippen LogP contribution in [0.3, 0.4) is 0 Å². The lowest BCUT2D eigenvalue weighted by molar-refractivity contribution is -0.129. The van der Waals surface area contributed by atoms with Gasteiger partial charge in [0, 0.05) is 6.42 Å². The highest BCUT2D eigenvalue weighted by Crippen LogP contribution is 2.33. The lowest BCUT2D eigenvalue weighted by Crippen LogP contribution is -2.16. The summed E-state index contributed by atoms with van der Waals surface area (Å²) >= 11 is 6.42. The number of phenolic OH excluding ortho intramolecular Hbond substituents is 1. The number of benzene rings is 2. The van der Waals surface area contributed by atoms with Crippen LogP contribution in [0.5, 0.6) is 5.75 Å². The first-order valence-corrected chi connectivity index (χ1v) is 8.19. The van der Waals surface area contributed by atoms with E-state index in [-0.39, 0.29) is 24.5 Å². The molecule has 0 bridgehead atoms. The molecule has 0 aliphatic heterocycles. The molecule has 0 amide bonds. The minimum atomic E-state index is -1.15. The normalized spacial score (nSPS) is 11.3. The Balaban J connectivity index is 2.09. The predicted molar refractivity (Wildman–Crippen MR) is 93.5 cm³/mol. The quantitative estimate of drug-likeness (QED) is 0.521. The minimum Gasteiger partial charge on any atom is -0.506 e. The first-order valence-electron chi connectivity index (χ1n) is 6.60. The molecule has 0 unspecified atom stereocenters. The Labute approximate surface area is 149 Å². The molecule has 23 heavy (non-hydrogen) atoms. The summed E-state index contributed by atoms with van der Waals surface area (Å²) in [5.41, 5.74) is 1.45. The van der Waals surface area contributed by atoms with Crippen LogP contribution in [0.1, 0.15) is 11.1 Å². The maximum atomic E-state index is 11.3. The molecule has 0 saturated heterocycles. The topological polar surface area (TPSA) is 79.1 Å². The standard InChI is InChI=1S/C16H13Br2NO4/c17-12-6-11(7-13(18)15(12)20)8-14(16(21)22)19-23-9-10-4-2-1-3-5-10/h1-7,20H,8-9H2,(H,21,22)/b19-14-. The Hall–Kier alpha value is -1.86. The Morgan fingerprint density at radius 3 is 2.26 bits per heavy atom. The molecule has 0 atom stereocenters. The van der Waals surface area contributed by atoms with Gasteiger partial charge in [0.25, 0.3) is 0 Å². The summed E-state index contributed by atoms with van der Waals surface area (Å²) in [5.74, 6) is -1.10. The summed E-state index contributed by atoms with van der Waals surface area (Å²) in [6.45, 7) is 0.195. The molecule has 7 heteroatoms. The number of rotatable bonds is 6. The molecule has 0 aliphatic rings. The monoisotopic (exact) mass is 441 g/mol. The fourth-order valence-electron chi connectivity index (χ4n) is 1.82. The van der Waals surface area contributed by atoms with Gasteiger partial charge in [0.1, 0.15) is 12.4 Å². The van der Waals surface area contributed by atoms with Gasteiger partial charge in [-0.3, -0.25) is 0 Å². The van der Waals surface area contributed by atoms with Crippen molar-refractivity contribution in [2.75, 3.05) is 0 Å². The average Bonchev–Trinajstić information content (AvgIpc) is 2.52. The largest absolute Gasteiger partial charge is 0.506 e. The second-order valence-electron chi connectivity index (χ2n) is 4.69. The van der Waals surface area contributed by atoms with Crippen LogP contribution in [0.2, 0.25) is 0 Å². The third-order valence-electron chi connectivity index (χ3n) is 2.94. The second-order valence-corrected chi connectivity index (χ2v) is 6.40. The van der Waals surface area contributed by atoms with Gasteiger partial charge >= 0.3 is 5.97 Å². The van der Waals surface area contributed by atoms with Crippen LogP contribution in [0.15, 0.2) is 56.6 Å². The molecule has 5 nitrogen and oxygen atoms in total. The number of halogens is 2. The van der Waals surface area contributed by atoms with E-state index in [1.54, 1.807) is 12.1 Å². The van der Waals surface area contributed by atoms with E-state index in [2.05, 4.69) is 37.0 Å². The fraction of sp³-hybridized carbons (Fsp3) is 0.125. The van der Waals surface area contributed by atoms with Crippen molar-refractivity contribution >= 4 is 43.5 Å². The number of hydrogen-bond donors (Lipinski definition) is 2. The lowest BCUT2D eigenvalue weighted by atomic mass is 10.1. The van der Waals surface area contributed by atoms with E-state index in [1.807, 2.05) is 30.3 Å². The third-order valence-corrected chi connectivity index (χ3v) is 4.15. The number of nitrogens with zero attached hydrogens (tertiary/aromatic N) is 1. The first kappa shape index (κ1) is 17.5. The number of phenols is 1. The van der Waals surface area contributed by atoms with Crippen LogP contribution in [0.4, 0.5) is 0 Å². The maximum Gasteiger partial charge on any atom is 0.354 e. The lowest BCUT2D eigenvalue weighted by Gasteiger charge is -2.07. The van der Waals surface area contributed by atoms with E-state index >= 15 is 0 Å². The Morgan fingerprint density at radius 1 is 1.09 bits per heavy atom. The zero-order valence-electron chi connectivity index (χ0n) is 11.9. The number of aliphatic carboxylic acids is 1. The Morgan fingerprint density at radius 2 is 1.70 bits per heavy atom. The molecule has 0 radical (unpaired) electrons. The van der Waals surface area contributed by atoms with Crippen molar-refractivity contribution in [3.8, 4) is 5.75 Å². The molecular weight excluding hydrogens is 430 g/mol. The van der Waals surface area contributed by atoms with Gasteiger partial charge in [-0.05, 0) is 55.1 Å². The highest BCUT2D eigenvalue weighted by Gasteiger charge is 2.14. The summed E-state index contributed by atoms with van der Waals surface area (Å²) in [6, 6.07) is 12.6. The highest BCUT2D eigenvalue weighted by molar-refractivity contribution is 9.11. The van der Waals surface area contributed by atoms with Gasteiger partial charge in [-0.15, -0.1) is 0 Å². The SMILES string of the molecule is O=C(O)/C(Cc1cc(Br)c(O)c(Br)c1)=N\OCc1ccccc1. The Kier molecular flexibility index (Phi) is 6.18. The third kappa shape index (κ3) is 5.07. The second kappa shape index (κ2) is 8.12. The number of hydrogen-bond acceptors (Lipinski definition) is 4. The van der Waals surface area contributed by atoms with Gasteiger partial charge in [-0.25, -0.2) is 4.79 Å². The molecule has 2 N–H and O–H groups in total. The van der Waals surface area contributed by atoms with Gasteiger partial charge in [-0.1, -0.05) is 35.5 Å².